The average molecular weight is 420 g/mol. The summed E-state index contributed by atoms with van der Waals surface area (Å²) in [5.74, 6) is -4.47. The Hall–Kier alpha value is -2.38. The van der Waals surface area contributed by atoms with E-state index in [2.05, 4.69) is 28.6 Å². The molecule has 13 heteroatoms. The van der Waals surface area contributed by atoms with Crippen LogP contribution in [-0.2, 0) is 24.0 Å². The van der Waals surface area contributed by atoms with Crippen LogP contribution in [0.25, 0.3) is 0 Å². The van der Waals surface area contributed by atoms with E-state index >= 15 is 0 Å². The Morgan fingerprint density at radius 3 is 1.93 bits per heavy atom. The number of unbranched alkanes of at least 4 members (excludes halogenated alkanes) is 1. The first-order valence-electron chi connectivity index (χ1n) is 8.58. The minimum absolute atomic E-state index is 0.0475. The number of carboxylic acids is 1. The topological polar surface area (TPSA) is 220 Å². The van der Waals surface area contributed by atoms with Gasteiger partial charge in [0.05, 0.1) is 13.0 Å². The standard InChI is InChI=1S/C15H28N6O6S/c16-4-2-1-3-8(13(24)21-9(15(26)27)5-11(18)22)20-14(25)10(7-28)19-12(23)6-17/h8-10,28H,1-7,16-17H2,(H2,18,22)(H,19,23)(H,20,25)(H,21,24)(H,26,27). The highest BCUT2D eigenvalue weighted by Gasteiger charge is 2.29. The summed E-state index contributed by atoms with van der Waals surface area (Å²) in [6.45, 7) is 0.0406. The van der Waals surface area contributed by atoms with Gasteiger partial charge in [0.25, 0.3) is 0 Å². The van der Waals surface area contributed by atoms with Crippen molar-refractivity contribution >= 4 is 42.2 Å². The highest BCUT2D eigenvalue weighted by atomic mass is 32.1. The van der Waals surface area contributed by atoms with Crippen LogP contribution in [0.15, 0.2) is 0 Å². The molecular weight excluding hydrogens is 392 g/mol. The molecule has 0 rings (SSSR count). The summed E-state index contributed by atoms with van der Waals surface area (Å²) in [6.07, 6.45) is 0.616. The number of carbonyl (C=O) groups excluding carboxylic acids is 4. The van der Waals surface area contributed by atoms with Gasteiger partial charge in [0.1, 0.15) is 18.1 Å². The van der Waals surface area contributed by atoms with Crippen LogP contribution in [0.2, 0.25) is 0 Å². The minimum Gasteiger partial charge on any atom is -0.480 e. The van der Waals surface area contributed by atoms with E-state index < -0.39 is 54.1 Å². The largest absolute Gasteiger partial charge is 0.480 e. The maximum atomic E-state index is 12.5. The van der Waals surface area contributed by atoms with Gasteiger partial charge in [-0.3, -0.25) is 19.2 Å². The number of hydrogen-bond acceptors (Lipinski definition) is 8. The molecule has 4 amide bonds. The number of amides is 4. The van der Waals surface area contributed by atoms with Crippen LogP contribution in [0.5, 0.6) is 0 Å². The average Bonchev–Trinajstić information content (AvgIpc) is 2.63. The summed E-state index contributed by atoms with van der Waals surface area (Å²) in [4.78, 5) is 58.4. The molecule has 0 radical (unpaired) electrons. The van der Waals surface area contributed by atoms with Crippen molar-refractivity contribution in [3.05, 3.63) is 0 Å². The van der Waals surface area contributed by atoms with Crippen LogP contribution in [0.4, 0.5) is 0 Å². The lowest BCUT2D eigenvalue weighted by atomic mass is 10.1. The molecule has 0 aliphatic rings. The molecule has 12 nitrogen and oxygen atoms in total. The highest BCUT2D eigenvalue weighted by molar-refractivity contribution is 7.80. The fourth-order valence-corrected chi connectivity index (χ4v) is 2.41. The minimum atomic E-state index is -1.53. The van der Waals surface area contributed by atoms with Gasteiger partial charge in [-0.2, -0.15) is 12.6 Å². The molecular formula is C15H28N6O6S. The molecule has 0 spiro atoms. The van der Waals surface area contributed by atoms with Gasteiger partial charge in [0.15, 0.2) is 0 Å². The predicted octanol–water partition coefficient (Wildman–Crippen LogP) is -3.58. The van der Waals surface area contributed by atoms with E-state index in [1.54, 1.807) is 0 Å². The number of primary amides is 1. The number of hydrogen-bond donors (Lipinski definition) is 8. The molecule has 0 saturated heterocycles. The summed E-state index contributed by atoms with van der Waals surface area (Å²) >= 11 is 3.99. The van der Waals surface area contributed by atoms with Gasteiger partial charge < -0.3 is 38.3 Å². The van der Waals surface area contributed by atoms with Gasteiger partial charge in [0.2, 0.25) is 23.6 Å². The second-order valence-corrected chi connectivity index (χ2v) is 6.29. The first kappa shape index (κ1) is 25.6. The Morgan fingerprint density at radius 1 is 0.893 bits per heavy atom. The second kappa shape index (κ2) is 13.7. The number of nitrogens with one attached hydrogen (secondary N) is 3. The summed E-state index contributed by atoms with van der Waals surface area (Å²) < 4.78 is 0. The third-order valence-electron chi connectivity index (χ3n) is 3.62. The normalized spacial score (nSPS) is 13.7. The van der Waals surface area contributed by atoms with Crippen molar-refractivity contribution in [1.82, 2.24) is 16.0 Å². The van der Waals surface area contributed by atoms with Crippen LogP contribution < -0.4 is 33.2 Å². The molecule has 28 heavy (non-hydrogen) atoms. The first-order chi connectivity index (χ1) is 13.2. The highest BCUT2D eigenvalue weighted by Crippen LogP contribution is 2.04. The van der Waals surface area contributed by atoms with Gasteiger partial charge in [-0.05, 0) is 25.8 Å². The summed E-state index contributed by atoms with van der Waals surface area (Å²) in [6, 6.07) is -3.67. The molecule has 0 heterocycles. The molecule has 0 aromatic heterocycles. The van der Waals surface area contributed by atoms with Crippen LogP contribution in [0, 0.1) is 0 Å². The van der Waals surface area contributed by atoms with E-state index in [-0.39, 0.29) is 18.7 Å². The molecule has 0 aliphatic heterocycles. The number of nitrogens with two attached hydrogens (primary N) is 3. The maximum Gasteiger partial charge on any atom is 0.326 e. The molecule has 0 bridgehead atoms. The Balaban J connectivity index is 5.19. The number of thiol groups is 1. The van der Waals surface area contributed by atoms with Crippen LogP contribution >= 0.6 is 12.6 Å². The van der Waals surface area contributed by atoms with E-state index in [4.69, 9.17) is 22.3 Å². The third-order valence-corrected chi connectivity index (χ3v) is 3.98. The molecule has 0 aromatic carbocycles. The SMILES string of the molecule is NCCCCC(NC(=O)C(CS)NC(=O)CN)C(=O)NC(CC(N)=O)C(=O)O. The molecule has 3 unspecified atom stereocenters. The van der Waals surface area contributed by atoms with Crippen molar-refractivity contribution < 1.29 is 29.1 Å². The fourth-order valence-electron chi connectivity index (χ4n) is 2.15. The van der Waals surface area contributed by atoms with Crippen LogP contribution in [-0.4, -0.2) is 71.7 Å². The number of aliphatic carboxylic acids is 1. The molecule has 10 N–H and O–H groups in total. The quantitative estimate of drug-likeness (QED) is 0.103. The van der Waals surface area contributed by atoms with Crippen LogP contribution in [0.3, 0.4) is 0 Å². The number of carbonyl (C=O) groups is 5. The third kappa shape index (κ3) is 10.1. The van der Waals surface area contributed by atoms with Crippen LogP contribution in [0.1, 0.15) is 25.7 Å². The Labute approximate surface area is 167 Å². The monoisotopic (exact) mass is 420 g/mol. The molecule has 160 valence electrons. The van der Waals surface area contributed by atoms with Crippen molar-refractivity contribution in [3.8, 4) is 0 Å². The lowest BCUT2D eigenvalue weighted by molar-refractivity contribution is -0.143. The van der Waals surface area contributed by atoms with E-state index in [0.717, 1.165) is 0 Å². The van der Waals surface area contributed by atoms with Crippen molar-refractivity contribution in [2.75, 3.05) is 18.8 Å². The summed E-state index contributed by atoms with van der Waals surface area (Å²) in [7, 11) is 0. The van der Waals surface area contributed by atoms with Gasteiger partial charge in [-0.1, -0.05) is 0 Å². The molecule has 0 aliphatic carbocycles. The van der Waals surface area contributed by atoms with E-state index in [1.165, 1.54) is 0 Å². The Bertz CT molecular complexity index is 575. The Morgan fingerprint density at radius 2 is 1.46 bits per heavy atom. The van der Waals surface area contributed by atoms with E-state index in [1.807, 2.05) is 0 Å². The van der Waals surface area contributed by atoms with Crippen molar-refractivity contribution in [2.24, 2.45) is 17.2 Å². The van der Waals surface area contributed by atoms with E-state index in [9.17, 15) is 24.0 Å². The van der Waals surface area contributed by atoms with Gasteiger partial charge in [-0.25, -0.2) is 4.79 Å². The van der Waals surface area contributed by atoms with Gasteiger partial charge in [-0.15, -0.1) is 0 Å². The zero-order chi connectivity index (χ0) is 21.7. The van der Waals surface area contributed by atoms with Gasteiger partial charge in [0, 0.05) is 5.75 Å². The zero-order valence-corrected chi connectivity index (χ0v) is 16.2. The van der Waals surface area contributed by atoms with Gasteiger partial charge >= 0.3 is 5.97 Å². The summed E-state index contributed by atoms with van der Waals surface area (Å²) in [5, 5.41) is 16.1. The first-order valence-corrected chi connectivity index (χ1v) is 9.21. The van der Waals surface area contributed by atoms with Crippen molar-refractivity contribution in [2.45, 2.75) is 43.8 Å². The molecule has 0 aromatic rings. The van der Waals surface area contributed by atoms with Crippen molar-refractivity contribution in [3.63, 3.8) is 0 Å². The second-order valence-electron chi connectivity index (χ2n) is 5.92. The molecule has 0 fully saturated rings. The lowest BCUT2D eigenvalue weighted by Gasteiger charge is -2.23. The lowest BCUT2D eigenvalue weighted by Crippen LogP contribution is -2.57. The fraction of sp³-hybridized carbons (Fsp3) is 0.667. The zero-order valence-electron chi connectivity index (χ0n) is 15.3. The maximum absolute atomic E-state index is 12.5. The predicted molar refractivity (Wildman–Crippen MR) is 103 cm³/mol. The number of carboxylic acid groups (broad SMARTS) is 1. The Kier molecular flexibility index (Phi) is 12.6. The number of rotatable bonds is 14. The molecule has 0 saturated carbocycles. The smallest absolute Gasteiger partial charge is 0.326 e. The summed E-state index contributed by atoms with van der Waals surface area (Å²) in [5.41, 5.74) is 15.6. The van der Waals surface area contributed by atoms with Crippen molar-refractivity contribution in [1.29, 1.82) is 0 Å². The van der Waals surface area contributed by atoms with E-state index in [0.29, 0.717) is 19.4 Å². The molecule has 3 atom stereocenters.